The van der Waals surface area contributed by atoms with E-state index in [1.54, 1.807) is 6.08 Å². The van der Waals surface area contributed by atoms with Crippen molar-refractivity contribution < 1.29 is 18.3 Å². The number of morpholine rings is 1. The summed E-state index contributed by atoms with van der Waals surface area (Å²) in [6.07, 6.45) is 1.92. The Labute approximate surface area is 126 Å². The Hall–Kier alpha value is -1.51. The molecule has 1 aliphatic rings. The highest BCUT2D eigenvalue weighted by molar-refractivity contribution is 7.57. The summed E-state index contributed by atoms with van der Waals surface area (Å²) in [5.74, 6) is 1.32. The van der Waals surface area contributed by atoms with Crippen molar-refractivity contribution in [3.8, 4) is 0 Å². The Balaban J connectivity index is 2.12. The van der Waals surface area contributed by atoms with E-state index in [1.807, 2.05) is 0 Å². The third-order valence-corrected chi connectivity index (χ3v) is 4.71. The molecule has 9 nitrogen and oxygen atoms in total. The summed E-state index contributed by atoms with van der Waals surface area (Å²) in [6.45, 7) is 0.890. The quantitative estimate of drug-likeness (QED) is 0.732. The predicted molar refractivity (Wildman–Crippen MR) is 78.9 cm³/mol. The molecule has 2 atom stereocenters. The number of aromatic amines is 1. The SMILES string of the molecule is COP(=O)(/C=C/C1CNCC(n2ccc(=O)[nH]c2=O)O1)OC. The van der Waals surface area contributed by atoms with Crippen LogP contribution in [-0.4, -0.2) is 43.0 Å². The van der Waals surface area contributed by atoms with E-state index in [2.05, 4.69) is 10.3 Å². The van der Waals surface area contributed by atoms with Crippen molar-refractivity contribution >= 4 is 7.60 Å². The van der Waals surface area contributed by atoms with E-state index < -0.39 is 31.2 Å². The van der Waals surface area contributed by atoms with Crippen molar-refractivity contribution in [2.75, 3.05) is 27.3 Å². The predicted octanol–water partition coefficient (Wildman–Crippen LogP) is 0.0232. The van der Waals surface area contributed by atoms with Crippen LogP contribution in [0.4, 0.5) is 0 Å². The van der Waals surface area contributed by atoms with Gasteiger partial charge >= 0.3 is 13.3 Å². The molecule has 1 aliphatic heterocycles. The molecule has 1 aromatic rings. The molecule has 0 aliphatic carbocycles. The van der Waals surface area contributed by atoms with Gasteiger partial charge in [-0.05, 0) is 6.08 Å². The average molecular weight is 331 g/mol. The van der Waals surface area contributed by atoms with E-state index in [0.717, 1.165) is 0 Å². The number of ether oxygens (including phenoxy) is 1. The van der Waals surface area contributed by atoms with Crippen molar-refractivity contribution in [2.45, 2.75) is 12.3 Å². The zero-order valence-corrected chi connectivity index (χ0v) is 13.1. The van der Waals surface area contributed by atoms with Crippen LogP contribution in [0, 0.1) is 0 Å². The van der Waals surface area contributed by atoms with Crippen LogP contribution in [0.3, 0.4) is 0 Å². The van der Waals surface area contributed by atoms with E-state index in [0.29, 0.717) is 13.1 Å². The largest absolute Gasteiger partial charge is 0.353 e. The van der Waals surface area contributed by atoms with Crippen LogP contribution in [0.5, 0.6) is 0 Å². The number of hydrogen-bond donors (Lipinski definition) is 2. The number of nitrogens with zero attached hydrogens (tertiary/aromatic N) is 1. The van der Waals surface area contributed by atoms with Crippen LogP contribution in [0.1, 0.15) is 6.23 Å². The highest BCUT2D eigenvalue weighted by Gasteiger charge is 2.24. The Morgan fingerprint density at radius 2 is 2.09 bits per heavy atom. The average Bonchev–Trinajstić information content (AvgIpc) is 2.53. The van der Waals surface area contributed by atoms with E-state index in [4.69, 9.17) is 13.8 Å². The van der Waals surface area contributed by atoms with Gasteiger partial charge in [-0.15, -0.1) is 0 Å². The van der Waals surface area contributed by atoms with E-state index in [9.17, 15) is 14.2 Å². The van der Waals surface area contributed by atoms with Gasteiger partial charge in [0.1, 0.15) is 0 Å². The van der Waals surface area contributed by atoms with Crippen LogP contribution in [-0.2, 0) is 18.3 Å². The fourth-order valence-electron chi connectivity index (χ4n) is 1.98. The summed E-state index contributed by atoms with van der Waals surface area (Å²) in [5, 5.41) is 3.10. The number of H-pyrrole nitrogens is 1. The minimum absolute atomic E-state index is 0.405. The molecule has 122 valence electrons. The Morgan fingerprint density at radius 1 is 1.36 bits per heavy atom. The van der Waals surface area contributed by atoms with Crippen molar-refractivity contribution in [3.63, 3.8) is 0 Å². The summed E-state index contributed by atoms with van der Waals surface area (Å²) < 4.78 is 28.5. The summed E-state index contributed by atoms with van der Waals surface area (Å²) in [4.78, 5) is 25.0. The Bertz CT molecular complexity index is 689. The molecule has 0 saturated carbocycles. The van der Waals surface area contributed by atoms with Crippen LogP contribution < -0.4 is 16.6 Å². The molecular formula is C12H18N3O6P. The molecule has 1 fully saturated rings. The lowest BCUT2D eigenvalue weighted by Crippen LogP contribution is -2.45. The second-order valence-corrected chi connectivity index (χ2v) is 6.66. The second kappa shape index (κ2) is 7.17. The zero-order valence-electron chi connectivity index (χ0n) is 12.2. The molecule has 0 bridgehead atoms. The molecular weight excluding hydrogens is 313 g/mol. The molecule has 2 N–H and O–H groups in total. The van der Waals surface area contributed by atoms with Crippen LogP contribution in [0.2, 0.25) is 0 Å². The maximum absolute atomic E-state index is 11.9. The first-order valence-electron chi connectivity index (χ1n) is 6.55. The van der Waals surface area contributed by atoms with Gasteiger partial charge < -0.3 is 19.1 Å². The minimum Gasteiger partial charge on any atom is -0.348 e. The van der Waals surface area contributed by atoms with Crippen LogP contribution in [0.15, 0.2) is 33.7 Å². The van der Waals surface area contributed by atoms with Gasteiger partial charge in [0.25, 0.3) is 5.56 Å². The van der Waals surface area contributed by atoms with Gasteiger partial charge in [-0.25, -0.2) is 4.79 Å². The first-order chi connectivity index (χ1) is 10.5. The van der Waals surface area contributed by atoms with Gasteiger partial charge in [0.2, 0.25) is 0 Å². The molecule has 0 aromatic carbocycles. The van der Waals surface area contributed by atoms with Gasteiger partial charge in [0.05, 0.1) is 6.10 Å². The fourth-order valence-corrected chi connectivity index (χ4v) is 2.77. The third kappa shape index (κ3) is 4.02. The van der Waals surface area contributed by atoms with Gasteiger partial charge in [0, 0.05) is 45.4 Å². The highest BCUT2D eigenvalue weighted by Crippen LogP contribution is 2.48. The fraction of sp³-hybridized carbons (Fsp3) is 0.500. The molecule has 1 aromatic heterocycles. The molecule has 2 rings (SSSR count). The van der Waals surface area contributed by atoms with E-state index in [1.165, 1.54) is 36.9 Å². The van der Waals surface area contributed by atoms with E-state index >= 15 is 0 Å². The van der Waals surface area contributed by atoms with Crippen molar-refractivity contribution in [1.29, 1.82) is 0 Å². The molecule has 0 amide bonds. The van der Waals surface area contributed by atoms with Gasteiger partial charge in [-0.2, -0.15) is 0 Å². The maximum Gasteiger partial charge on any atom is 0.353 e. The highest BCUT2D eigenvalue weighted by atomic mass is 31.2. The summed E-state index contributed by atoms with van der Waals surface area (Å²) in [6, 6.07) is 1.24. The van der Waals surface area contributed by atoms with Crippen LogP contribution >= 0.6 is 7.60 Å². The normalized spacial score (nSPS) is 23.0. The van der Waals surface area contributed by atoms with E-state index in [-0.39, 0.29) is 0 Å². The standard InChI is InChI=1S/C12H18N3O6P/c1-19-22(18,20-2)6-4-9-7-13-8-11(21-9)15-5-3-10(16)14-12(15)17/h3-6,9,11,13H,7-8H2,1-2H3,(H,14,16,17)/b6-4+. The van der Waals surface area contributed by atoms with Crippen LogP contribution in [0.25, 0.3) is 0 Å². The van der Waals surface area contributed by atoms with Gasteiger partial charge in [0.15, 0.2) is 6.23 Å². The lowest BCUT2D eigenvalue weighted by atomic mass is 10.3. The van der Waals surface area contributed by atoms with Crippen molar-refractivity contribution in [2.24, 2.45) is 0 Å². The lowest BCUT2D eigenvalue weighted by Gasteiger charge is -2.30. The topological polar surface area (TPSA) is 112 Å². The monoisotopic (exact) mass is 331 g/mol. The second-order valence-electron chi connectivity index (χ2n) is 4.55. The summed E-state index contributed by atoms with van der Waals surface area (Å²) in [5.41, 5.74) is -1.02. The maximum atomic E-state index is 11.9. The minimum atomic E-state index is -3.26. The third-order valence-electron chi connectivity index (χ3n) is 3.15. The molecule has 2 heterocycles. The molecule has 22 heavy (non-hydrogen) atoms. The zero-order chi connectivity index (χ0) is 16.2. The number of hydrogen-bond acceptors (Lipinski definition) is 7. The molecule has 0 spiro atoms. The van der Waals surface area contributed by atoms with Gasteiger partial charge in [-0.1, -0.05) is 0 Å². The van der Waals surface area contributed by atoms with Gasteiger partial charge in [-0.3, -0.25) is 18.9 Å². The number of rotatable bonds is 5. The first-order valence-corrected chi connectivity index (χ1v) is 8.17. The first kappa shape index (κ1) is 16.9. The molecule has 2 unspecified atom stereocenters. The summed E-state index contributed by atoms with van der Waals surface area (Å²) >= 11 is 0. The molecule has 0 radical (unpaired) electrons. The number of aromatic nitrogens is 2. The van der Waals surface area contributed by atoms with Crippen molar-refractivity contribution in [3.05, 3.63) is 45.0 Å². The number of nitrogens with one attached hydrogen (secondary N) is 2. The Morgan fingerprint density at radius 3 is 2.73 bits per heavy atom. The molecule has 1 saturated heterocycles. The molecule has 10 heteroatoms. The smallest absolute Gasteiger partial charge is 0.348 e. The lowest BCUT2D eigenvalue weighted by molar-refractivity contribution is -0.0579. The summed E-state index contributed by atoms with van der Waals surface area (Å²) in [7, 11) is -0.682. The Kier molecular flexibility index (Phi) is 5.49. The van der Waals surface area contributed by atoms with Crippen molar-refractivity contribution in [1.82, 2.24) is 14.9 Å².